The number of rotatable bonds is 6. The summed E-state index contributed by atoms with van der Waals surface area (Å²) in [6.45, 7) is 2.79. The average molecular weight is 328 g/mol. The van der Waals surface area contributed by atoms with Gasteiger partial charge in [0.1, 0.15) is 5.82 Å². The predicted octanol–water partition coefficient (Wildman–Crippen LogP) is 4.97. The highest BCUT2D eigenvalue weighted by atomic mass is 35.5. The van der Waals surface area contributed by atoms with Crippen LogP contribution in [0, 0.1) is 0 Å². The highest BCUT2D eigenvalue weighted by Gasteiger charge is 2.12. The normalized spacial score (nSPS) is 10.7. The van der Waals surface area contributed by atoms with Crippen molar-refractivity contribution in [3.63, 3.8) is 0 Å². The van der Waals surface area contributed by atoms with E-state index >= 15 is 0 Å². The molecular weight excluding hydrogens is 310 g/mol. The summed E-state index contributed by atoms with van der Waals surface area (Å²) < 4.78 is 5.77. The number of benzene rings is 1. The van der Waals surface area contributed by atoms with Crippen LogP contribution in [0.4, 0.5) is 0 Å². The molecule has 118 valence electrons. The van der Waals surface area contributed by atoms with Crippen molar-refractivity contribution >= 4 is 11.6 Å². The lowest BCUT2D eigenvalue weighted by Gasteiger charge is -2.08. The smallest absolute Gasteiger partial charge is 0.224 e. The van der Waals surface area contributed by atoms with Crippen LogP contribution in [0.3, 0.4) is 0 Å². The average Bonchev–Trinajstić information content (AvgIpc) is 3.05. The largest absolute Gasteiger partial charge is 0.477 e. The van der Waals surface area contributed by atoms with Crippen LogP contribution in [0.2, 0.25) is 5.02 Å². The Morgan fingerprint density at radius 2 is 2.09 bits per heavy atom. The molecule has 5 heteroatoms. The maximum Gasteiger partial charge on any atom is 0.224 e. The molecule has 0 fully saturated rings. The Kier molecular flexibility index (Phi) is 4.93. The second-order valence-electron chi connectivity index (χ2n) is 5.21. The summed E-state index contributed by atoms with van der Waals surface area (Å²) >= 11 is 6.05. The van der Waals surface area contributed by atoms with E-state index in [2.05, 4.69) is 21.9 Å². The van der Waals surface area contributed by atoms with Gasteiger partial charge in [0.05, 0.1) is 24.1 Å². The Balaban J connectivity index is 1.88. The van der Waals surface area contributed by atoms with E-state index in [0.717, 1.165) is 35.5 Å². The molecule has 0 aliphatic heterocycles. The number of H-pyrrole nitrogens is 1. The molecule has 2 aromatic heterocycles. The van der Waals surface area contributed by atoms with E-state index in [1.54, 1.807) is 12.4 Å². The number of nitrogens with one attached hydrogen (secondary N) is 1. The topological polar surface area (TPSA) is 50.8 Å². The third kappa shape index (κ3) is 3.71. The molecule has 0 saturated heterocycles. The highest BCUT2D eigenvalue weighted by molar-refractivity contribution is 6.30. The van der Waals surface area contributed by atoms with Gasteiger partial charge in [-0.25, -0.2) is 9.97 Å². The lowest BCUT2D eigenvalue weighted by Crippen LogP contribution is -2.00. The van der Waals surface area contributed by atoms with Gasteiger partial charge in [-0.05, 0) is 30.7 Å². The van der Waals surface area contributed by atoms with Crippen LogP contribution in [0.25, 0.3) is 22.6 Å². The molecule has 3 rings (SSSR count). The minimum atomic E-state index is 0.605. The molecule has 1 aromatic carbocycles. The van der Waals surface area contributed by atoms with Gasteiger partial charge >= 0.3 is 0 Å². The zero-order valence-corrected chi connectivity index (χ0v) is 13.7. The van der Waals surface area contributed by atoms with Crippen molar-refractivity contribution in [3.8, 4) is 28.5 Å². The van der Waals surface area contributed by atoms with Crippen molar-refractivity contribution in [2.75, 3.05) is 6.61 Å². The van der Waals surface area contributed by atoms with Gasteiger partial charge in [-0.2, -0.15) is 0 Å². The first-order valence-corrected chi connectivity index (χ1v) is 8.05. The van der Waals surface area contributed by atoms with E-state index in [0.29, 0.717) is 17.5 Å². The van der Waals surface area contributed by atoms with E-state index in [1.165, 1.54) is 0 Å². The number of hydrogen-bond donors (Lipinski definition) is 1. The molecule has 0 unspecified atom stereocenters. The quantitative estimate of drug-likeness (QED) is 0.650. The molecule has 1 N–H and O–H groups in total. The van der Waals surface area contributed by atoms with Crippen molar-refractivity contribution in [2.24, 2.45) is 0 Å². The van der Waals surface area contributed by atoms with Gasteiger partial charge in [-0.3, -0.25) is 0 Å². The first-order valence-electron chi connectivity index (χ1n) is 7.67. The molecule has 0 aliphatic carbocycles. The summed E-state index contributed by atoms with van der Waals surface area (Å²) in [5, 5.41) is 0.698. The summed E-state index contributed by atoms with van der Waals surface area (Å²) in [5.41, 5.74) is 2.76. The van der Waals surface area contributed by atoms with Gasteiger partial charge in [-0.1, -0.05) is 37.1 Å². The molecule has 0 radical (unpaired) electrons. The van der Waals surface area contributed by atoms with Crippen molar-refractivity contribution in [3.05, 3.63) is 53.8 Å². The predicted molar refractivity (Wildman–Crippen MR) is 92.7 cm³/mol. The summed E-state index contributed by atoms with van der Waals surface area (Å²) in [4.78, 5) is 12.1. The maximum absolute atomic E-state index is 6.05. The third-order valence-electron chi connectivity index (χ3n) is 3.47. The summed E-state index contributed by atoms with van der Waals surface area (Å²) in [6, 6.07) is 11.5. The number of aromatic nitrogens is 3. The van der Waals surface area contributed by atoms with Gasteiger partial charge in [0.25, 0.3) is 0 Å². The van der Waals surface area contributed by atoms with Gasteiger partial charge < -0.3 is 9.72 Å². The first-order chi connectivity index (χ1) is 11.3. The van der Waals surface area contributed by atoms with E-state index in [4.69, 9.17) is 16.3 Å². The van der Waals surface area contributed by atoms with Crippen LogP contribution in [-0.2, 0) is 0 Å². The fourth-order valence-corrected chi connectivity index (χ4v) is 2.45. The second kappa shape index (κ2) is 7.29. The van der Waals surface area contributed by atoms with Crippen LogP contribution in [-0.4, -0.2) is 21.6 Å². The van der Waals surface area contributed by atoms with Crippen molar-refractivity contribution < 1.29 is 4.74 Å². The number of imidazole rings is 1. The molecule has 0 aliphatic rings. The third-order valence-corrected chi connectivity index (χ3v) is 3.71. The number of unbranched alkanes of at least 4 members (excludes halogenated alkanes) is 1. The molecule has 3 aromatic rings. The Bertz CT molecular complexity index is 785. The van der Waals surface area contributed by atoms with Crippen molar-refractivity contribution in [1.29, 1.82) is 0 Å². The zero-order chi connectivity index (χ0) is 16.1. The highest BCUT2D eigenvalue weighted by Crippen LogP contribution is 2.28. The van der Waals surface area contributed by atoms with Crippen LogP contribution < -0.4 is 4.74 Å². The number of ether oxygens (including phenoxy) is 1. The molecule has 23 heavy (non-hydrogen) atoms. The van der Waals surface area contributed by atoms with Gasteiger partial charge in [-0.15, -0.1) is 0 Å². The molecular formula is C18H18ClN3O. The fourth-order valence-electron chi connectivity index (χ4n) is 2.26. The molecule has 0 saturated carbocycles. The summed E-state index contributed by atoms with van der Waals surface area (Å²) in [5.74, 6) is 1.34. The molecule has 0 spiro atoms. The minimum absolute atomic E-state index is 0.605. The molecule has 0 bridgehead atoms. The monoisotopic (exact) mass is 327 g/mol. The van der Waals surface area contributed by atoms with E-state index in [-0.39, 0.29) is 0 Å². The number of hydrogen-bond acceptors (Lipinski definition) is 3. The minimum Gasteiger partial charge on any atom is -0.477 e. The van der Waals surface area contributed by atoms with Gasteiger partial charge in [0.15, 0.2) is 0 Å². The number of pyridine rings is 1. The van der Waals surface area contributed by atoms with Crippen molar-refractivity contribution in [2.45, 2.75) is 19.8 Å². The molecule has 0 amide bonds. The Morgan fingerprint density at radius 1 is 1.17 bits per heavy atom. The van der Waals surface area contributed by atoms with Crippen LogP contribution in [0.5, 0.6) is 5.88 Å². The van der Waals surface area contributed by atoms with E-state index in [1.807, 2.05) is 36.4 Å². The van der Waals surface area contributed by atoms with E-state index < -0.39 is 0 Å². The SMILES string of the molecule is CCCCOc1ncccc1-c1ncc(-c2cccc(Cl)c2)[nH]1. The molecule has 0 atom stereocenters. The lowest BCUT2D eigenvalue weighted by molar-refractivity contribution is 0.299. The number of aromatic amines is 1. The molecule has 4 nitrogen and oxygen atoms in total. The zero-order valence-electron chi connectivity index (χ0n) is 12.9. The van der Waals surface area contributed by atoms with Crippen LogP contribution >= 0.6 is 11.6 Å². The first kappa shape index (κ1) is 15.6. The van der Waals surface area contributed by atoms with Crippen LogP contribution in [0.15, 0.2) is 48.8 Å². The van der Waals surface area contributed by atoms with Gasteiger partial charge in [0, 0.05) is 16.8 Å². The van der Waals surface area contributed by atoms with E-state index in [9.17, 15) is 0 Å². The number of nitrogens with zero attached hydrogens (tertiary/aromatic N) is 2. The van der Waals surface area contributed by atoms with Crippen molar-refractivity contribution in [1.82, 2.24) is 15.0 Å². The fraction of sp³-hybridized carbons (Fsp3) is 0.222. The standard InChI is InChI=1S/C18H18ClN3O/c1-2-3-10-23-18-15(8-5-9-20-18)17-21-12-16(22-17)13-6-4-7-14(19)11-13/h4-9,11-12H,2-3,10H2,1H3,(H,21,22). The second-order valence-corrected chi connectivity index (χ2v) is 5.65. The summed E-state index contributed by atoms with van der Waals surface area (Å²) in [7, 11) is 0. The maximum atomic E-state index is 6.05. The number of halogens is 1. The molecule has 2 heterocycles. The van der Waals surface area contributed by atoms with Gasteiger partial charge in [0.2, 0.25) is 5.88 Å². The van der Waals surface area contributed by atoms with Crippen LogP contribution in [0.1, 0.15) is 19.8 Å². The Hall–Kier alpha value is -2.33. The lowest BCUT2D eigenvalue weighted by atomic mass is 10.2. The summed E-state index contributed by atoms with van der Waals surface area (Å²) in [6.07, 6.45) is 5.61. The Morgan fingerprint density at radius 3 is 2.91 bits per heavy atom. The Labute approximate surface area is 140 Å².